The highest BCUT2D eigenvalue weighted by atomic mass is 35.5. The number of ether oxygens (including phenoxy) is 2. The predicted molar refractivity (Wildman–Crippen MR) is 120 cm³/mol. The van der Waals surface area contributed by atoms with Crippen molar-refractivity contribution in [2.45, 2.75) is 0 Å². The fourth-order valence-electron chi connectivity index (χ4n) is 2.38. The van der Waals surface area contributed by atoms with Gasteiger partial charge in [-0.15, -0.1) is 0 Å². The first-order chi connectivity index (χ1) is 13.9. The molecule has 0 bridgehead atoms. The molecule has 2 aromatic rings. The number of halogens is 2. The SMILES string of the molecule is COc1cc(/C=C2/SC(=S)NC2=O)ccc1OCC(=O)Nc1ccc(Cl)c(Cl)c1. The summed E-state index contributed by atoms with van der Waals surface area (Å²) in [4.78, 5) is 24.4. The van der Waals surface area contributed by atoms with E-state index >= 15 is 0 Å². The number of nitrogens with one attached hydrogen (secondary N) is 2. The molecule has 29 heavy (non-hydrogen) atoms. The minimum atomic E-state index is -0.371. The summed E-state index contributed by atoms with van der Waals surface area (Å²) in [6.45, 7) is -0.233. The number of hydrogen-bond donors (Lipinski definition) is 2. The van der Waals surface area contributed by atoms with Gasteiger partial charge in [-0.2, -0.15) is 0 Å². The molecule has 2 N–H and O–H groups in total. The van der Waals surface area contributed by atoms with Crippen LogP contribution in [0.25, 0.3) is 6.08 Å². The lowest BCUT2D eigenvalue weighted by Crippen LogP contribution is -2.20. The molecule has 1 aliphatic rings. The summed E-state index contributed by atoms with van der Waals surface area (Å²) in [5.41, 5.74) is 1.24. The third-order valence-corrected chi connectivity index (χ3v) is 5.59. The first kappa shape index (κ1) is 21.4. The Morgan fingerprint density at radius 1 is 1.21 bits per heavy atom. The lowest BCUT2D eigenvalue weighted by molar-refractivity contribution is -0.118. The van der Waals surface area contributed by atoms with Gasteiger partial charge in [0.2, 0.25) is 0 Å². The lowest BCUT2D eigenvalue weighted by Gasteiger charge is -2.12. The van der Waals surface area contributed by atoms with E-state index in [4.69, 9.17) is 44.9 Å². The molecule has 0 saturated carbocycles. The van der Waals surface area contributed by atoms with Crippen LogP contribution in [-0.4, -0.2) is 29.9 Å². The van der Waals surface area contributed by atoms with Crippen molar-refractivity contribution >= 4 is 75.1 Å². The van der Waals surface area contributed by atoms with Gasteiger partial charge in [-0.25, -0.2) is 0 Å². The second kappa shape index (κ2) is 9.49. The Hall–Kier alpha value is -2.26. The number of carbonyl (C=O) groups is 2. The Morgan fingerprint density at radius 3 is 2.66 bits per heavy atom. The maximum absolute atomic E-state index is 12.1. The quantitative estimate of drug-likeness (QED) is 0.479. The number of carbonyl (C=O) groups excluding carboxylic acids is 2. The zero-order valence-electron chi connectivity index (χ0n) is 15.0. The zero-order chi connectivity index (χ0) is 21.0. The normalized spacial score (nSPS) is 14.7. The Balaban J connectivity index is 1.65. The highest BCUT2D eigenvalue weighted by molar-refractivity contribution is 8.26. The number of anilines is 1. The molecule has 150 valence electrons. The molecule has 1 saturated heterocycles. The standard InChI is InChI=1S/C19H14Cl2N2O4S2/c1-26-15-6-10(7-16-18(25)23-19(28)29-16)2-5-14(15)27-9-17(24)22-11-3-4-12(20)13(21)8-11/h2-8H,9H2,1H3,(H,22,24)(H,23,25,28)/b16-7+. The third kappa shape index (κ3) is 5.63. The fourth-order valence-corrected chi connectivity index (χ4v) is 3.72. The van der Waals surface area contributed by atoms with E-state index in [1.54, 1.807) is 42.5 Å². The molecular formula is C19H14Cl2N2O4S2. The largest absolute Gasteiger partial charge is 0.493 e. The van der Waals surface area contributed by atoms with Gasteiger partial charge in [0.05, 0.1) is 22.1 Å². The molecule has 0 aliphatic carbocycles. The molecule has 3 rings (SSSR count). The smallest absolute Gasteiger partial charge is 0.263 e. The van der Waals surface area contributed by atoms with E-state index < -0.39 is 0 Å². The van der Waals surface area contributed by atoms with E-state index in [1.807, 2.05) is 0 Å². The summed E-state index contributed by atoms with van der Waals surface area (Å²) in [7, 11) is 1.49. The summed E-state index contributed by atoms with van der Waals surface area (Å²) in [6.07, 6.45) is 1.70. The molecule has 10 heteroatoms. The van der Waals surface area contributed by atoms with Gasteiger partial charge >= 0.3 is 0 Å². The van der Waals surface area contributed by atoms with Crippen molar-refractivity contribution in [1.29, 1.82) is 0 Å². The van der Waals surface area contributed by atoms with Crippen LogP contribution in [-0.2, 0) is 9.59 Å². The van der Waals surface area contributed by atoms with Crippen molar-refractivity contribution in [1.82, 2.24) is 5.32 Å². The van der Waals surface area contributed by atoms with Crippen LogP contribution in [0.5, 0.6) is 11.5 Å². The highest BCUT2D eigenvalue weighted by Crippen LogP contribution is 2.31. The maximum Gasteiger partial charge on any atom is 0.263 e. The number of hydrogen-bond acceptors (Lipinski definition) is 6. The molecular weight excluding hydrogens is 455 g/mol. The molecule has 2 aromatic carbocycles. The van der Waals surface area contributed by atoms with Crippen molar-refractivity contribution in [2.75, 3.05) is 19.0 Å². The summed E-state index contributed by atoms with van der Waals surface area (Å²) < 4.78 is 11.3. The zero-order valence-corrected chi connectivity index (χ0v) is 18.1. The van der Waals surface area contributed by atoms with Crippen molar-refractivity contribution < 1.29 is 19.1 Å². The number of rotatable bonds is 6. The number of methoxy groups -OCH3 is 1. The van der Waals surface area contributed by atoms with E-state index in [-0.39, 0.29) is 18.4 Å². The molecule has 0 radical (unpaired) electrons. The van der Waals surface area contributed by atoms with Gasteiger partial charge in [0.15, 0.2) is 18.1 Å². The van der Waals surface area contributed by atoms with Crippen LogP contribution in [0.2, 0.25) is 10.0 Å². The Bertz CT molecular complexity index is 1030. The van der Waals surface area contributed by atoms with Crippen LogP contribution in [0.3, 0.4) is 0 Å². The number of benzene rings is 2. The first-order valence-electron chi connectivity index (χ1n) is 8.16. The number of thiocarbonyl (C=S) groups is 1. The van der Waals surface area contributed by atoms with Gasteiger partial charge in [-0.05, 0) is 42.0 Å². The third-order valence-electron chi connectivity index (χ3n) is 3.69. The minimum Gasteiger partial charge on any atom is -0.493 e. The monoisotopic (exact) mass is 468 g/mol. The average molecular weight is 469 g/mol. The van der Waals surface area contributed by atoms with E-state index in [1.165, 1.54) is 18.9 Å². The average Bonchev–Trinajstić information content (AvgIpc) is 3.00. The van der Waals surface area contributed by atoms with Crippen LogP contribution in [0, 0.1) is 0 Å². The van der Waals surface area contributed by atoms with Gasteiger partial charge in [-0.3, -0.25) is 9.59 Å². The summed E-state index contributed by atoms with van der Waals surface area (Å²) in [6, 6.07) is 9.89. The van der Waals surface area contributed by atoms with Gasteiger partial charge in [-0.1, -0.05) is 53.2 Å². The topological polar surface area (TPSA) is 76.7 Å². The van der Waals surface area contributed by atoms with Gasteiger partial charge in [0.25, 0.3) is 11.8 Å². The molecule has 1 aliphatic heterocycles. The molecule has 0 unspecified atom stereocenters. The van der Waals surface area contributed by atoms with Crippen LogP contribution >= 0.6 is 47.2 Å². The van der Waals surface area contributed by atoms with E-state index in [0.717, 1.165) is 5.56 Å². The van der Waals surface area contributed by atoms with Crippen molar-refractivity contribution in [3.8, 4) is 11.5 Å². The summed E-state index contributed by atoms with van der Waals surface area (Å²) >= 11 is 18.0. The predicted octanol–water partition coefficient (Wildman–Crippen LogP) is 4.51. The Morgan fingerprint density at radius 2 is 2.00 bits per heavy atom. The second-order valence-corrected chi connectivity index (χ2v) is 8.26. The lowest BCUT2D eigenvalue weighted by atomic mass is 10.2. The highest BCUT2D eigenvalue weighted by Gasteiger charge is 2.22. The molecule has 0 aromatic heterocycles. The van der Waals surface area contributed by atoms with Crippen LogP contribution in [0.4, 0.5) is 5.69 Å². The molecule has 0 spiro atoms. The number of thioether (sulfide) groups is 1. The first-order valence-corrected chi connectivity index (χ1v) is 10.1. The van der Waals surface area contributed by atoms with Crippen molar-refractivity contribution in [3.05, 3.63) is 56.9 Å². The summed E-state index contributed by atoms with van der Waals surface area (Å²) in [5, 5.41) is 5.97. The second-order valence-electron chi connectivity index (χ2n) is 5.73. The van der Waals surface area contributed by atoms with E-state index in [0.29, 0.717) is 36.5 Å². The van der Waals surface area contributed by atoms with Gasteiger partial charge < -0.3 is 20.1 Å². The van der Waals surface area contributed by atoms with Crippen LogP contribution in [0.1, 0.15) is 5.56 Å². The fraction of sp³-hybridized carbons (Fsp3) is 0.105. The van der Waals surface area contributed by atoms with Crippen molar-refractivity contribution in [2.24, 2.45) is 0 Å². The maximum atomic E-state index is 12.1. The molecule has 2 amide bonds. The van der Waals surface area contributed by atoms with Crippen LogP contribution < -0.4 is 20.1 Å². The molecule has 1 heterocycles. The van der Waals surface area contributed by atoms with E-state index in [9.17, 15) is 9.59 Å². The number of amides is 2. The molecule has 0 atom stereocenters. The molecule has 6 nitrogen and oxygen atoms in total. The Labute approximate surface area is 186 Å². The Kier molecular flexibility index (Phi) is 7.02. The minimum absolute atomic E-state index is 0.233. The van der Waals surface area contributed by atoms with Gasteiger partial charge in [0, 0.05) is 5.69 Å². The van der Waals surface area contributed by atoms with Crippen LogP contribution in [0.15, 0.2) is 41.3 Å². The van der Waals surface area contributed by atoms with Crippen molar-refractivity contribution in [3.63, 3.8) is 0 Å². The molecule has 1 fully saturated rings. The van der Waals surface area contributed by atoms with Gasteiger partial charge in [0.1, 0.15) is 4.32 Å². The summed E-state index contributed by atoms with van der Waals surface area (Å²) in [5.74, 6) is 0.202. The van der Waals surface area contributed by atoms with E-state index in [2.05, 4.69) is 10.6 Å².